The quantitative estimate of drug-likeness (QED) is 0.891. The molecule has 3 heteroatoms. The number of nitrogens with one attached hydrogen (secondary N) is 1. The molecule has 1 unspecified atom stereocenters. The number of benzene rings is 1. The van der Waals surface area contributed by atoms with Gasteiger partial charge in [-0.3, -0.25) is 5.32 Å². The van der Waals surface area contributed by atoms with Crippen molar-refractivity contribution in [1.29, 1.82) is 0 Å². The third-order valence-electron chi connectivity index (χ3n) is 2.79. The van der Waals surface area contributed by atoms with E-state index in [9.17, 15) is 0 Å². The van der Waals surface area contributed by atoms with E-state index >= 15 is 0 Å². The lowest BCUT2D eigenvalue weighted by Crippen LogP contribution is -2.38. The molecule has 0 saturated carbocycles. The molecule has 0 bridgehead atoms. The van der Waals surface area contributed by atoms with Crippen molar-refractivity contribution in [3.8, 4) is 11.5 Å². The number of hydrogen-bond acceptors (Lipinski definition) is 3. The van der Waals surface area contributed by atoms with Crippen molar-refractivity contribution in [3.63, 3.8) is 0 Å². The van der Waals surface area contributed by atoms with Crippen LogP contribution < -0.4 is 14.8 Å². The van der Waals surface area contributed by atoms with E-state index in [1.54, 1.807) is 0 Å². The molecule has 1 saturated heterocycles. The van der Waals surface area contributed by atoms with E-state index in [1.807, 2.05) is 45.0 Å². The Hall–Kier alpha value is -1.22. The Kier molecular flexibility index (Phi) is 4.12. The predicted molar refractivity (Wildman–Crippen MR) is 73.1 cm³/mol. The van der Waals surface area contributed by atoms with Gasteiger partial charge in [0.2, 0.25) is 0 Å². The highest BCUT2D eigenvalue weighted by Crippen LogP contribution is 2.23. The van der Waals surface area contributed by atoms with Crippen molar-refractivity contribution in [2.75, 3.05) is 6.54 Å². The molecule has 1 atom stereocenters. The monoisotopic (exact) mass is 249 g/mol. The van der Waals surface area contributed by atoms with Crippen LogP contribution in [0.25, 0.3) is 0 Å². The first kappa shape index (κ1) is 13.2. The van der Waals surface area contributed by atoms with Crippen LogP contribution in [0.4, 0.5) is 0 Å². The van der Waals surface area contributed by atoms with Gasteiger partial charge < -0.3 is 9.47 Å². The molecule has 0 radical (unpaired) electrons. The van der Waals surface area contributed by atoms with Crippen LogP contribution in [-0.4, -0.2) is 18.4 Å². The highest BCUT2D eigenvalue weighted by atomic mass is 16.5. The maximum absolute atomic E-state index is 5.87. The van der Waals surface area contributed by atoms with Gasteiger partial charge in [-0.15, -0.1) is 0 Å². The molecule has 18 heavy (non-hydrogen) atoms. The van der Waals surface area contributed by atoms with E-state index in [2.05, 4.69) is 5.32 Å². The van der Waals surface area contributed by atoms with E-state index < -0.39 is 0 Å². The zero-order valence-electron chi connectivity index (χ0n) is 11.5. The van der Waals surface area contributed by atoms with Crippen LogP contribution >= 0.6 is 0 Å². The molecule has 3 nitrogen and oxygen atoms in total. The second-order valence-corrected chi connectivity index (χ2v) is 5.74. The summed E-state index contributed by atoms with van der Waals surface area (Å²) in [4.78, 5) is 0. The normalized spacial score (nSPS) is 20.5. The smallest absolute Gasteiger partial charge is 0.150 e. The number of hydrogen-bond donors (Lipinski definition) is 1. The Morgan fingerprint density at radius 2 is 1.72 bits per heavy atom. The Balaban J connectivity index is 1.90. The fraction of sp³-hybridized carbons (Fsp3) is 0.600. The van der Waals surface area contributed by atoms with Crippen LogP contribution in [0.3, 0.4) is 0 Å². The molecule has 1 fully saturated rings. The van der Waals surface area contributed by atoms with Gasteiger partial charge in [-0.1, -0.05) is 0 Å². The number of piperidine rings is 1. The van der Waals surface area contributed by atoms with Gasteiger partial charge in [0.25, 0.3) is 0 Å². The van der Waals surface area contributed by atoms with Gasteiger partial charge in [0, 0.05) is 0 Å². The molecular weight excluding hydrogens is 226 g/mol. The average molecular weight is 249 g/mol. The number of ether oxygens (including phenoxy) is 2. The minimum Gasteiger partial charge on any atom is -0.488 e. The topological polar surface area (TPSA) is 30.5 Å². The van der Waals surface area contributed by atoms with Crippen molar-refractivity contribution in [2.45, 2.75) is 51.9 Å². The standard InChI is InChI=1S/C15H23NO2/c1-15(2,3)18-13-9-7-12(8-10-13)17-14-6-4-5-11-16-14/h7-10,14,16H,4-6,11H2,1-3H3. The fourth-order valence-corrected chi connectivity index (χ4v) is 2.02. The molecule has 1 aliphatic heterocycles. The third-order valence-corrected chi connectivity index (χ3v) is 2.79. The molecule has 0 aliphatic carbocycles. The first-order valence-electron chi connectivity index (χ1n) is 6.72. The molecule has 2 rings (SSSR count). The lowest BCUT2D eigenvalue weighted by molar-refractivity contribution is 0.126. The summed E-state index contributed by atoms with van der Waals surface area (Å²) in [5.41, 5.74) is -0.159. The van der Waals surface area contributed by atoms with Crippen LogP contribution in [0.15, 0.2) is 24.3 Å². The predicted octanol–water partition coefficient (Wildman–Crippen LogP) is 3.34. The summed E-state index contributed by atoms with van der Waals surface area (Å²) in [6.45, 7) is 7.19. The van der Waals surface area contributed by atoms with Crippen LogP contribution in [0, 0.1) is 0 Å². The number of rotatable bonds is 3. The molecular formula is C15H23NO2. The molecule has 0 spiro atoms. The average Bonchev–Trinajstić information content (AvgIpc) is 2.31. The van der Waals surface area contributed by atoms with Crippen molar-refractivity contribution in [1.82, 2.24) is 5.32 Å². The molecule has 100 valence electrons. The molecule has 1 heterocycles. The maximum Gasteiger partial charge on any atom is 0.150 e. The van der Waals surface area contributed by atoms with E-state index in [0.717, 1.165) is 24.5 Å². The van der Waals surface area contributed by atoms with E-state index in [-0.39, 0.29) is 11.8 Å². The summed E-state index contributed by atoms with van der Waals surface area (Å²) >= 11 is 0. The zero-order valence-corrected chi connectivity index (χ0v) is 11.5. The van der Waals surface area contributed by atoms with Gasteiger partial charge in [0.05, 0.1) is 0 Å². The maximum atomic E-state index is 5.87. The third kappa shape index (κ3) is 4.22. The van der Waals surface area contributed by atoms with E-state index in [1.165, 1.54) is 12.8 Å². The largest absolute Gasteiger partial charge is 0.488 e. The van der Waals surface area contributed by atoms with E-state index in [4.69, 9.17) is 9.47 Å². The molecule has 0 amide bonds. The van der Waals surface area contributed by atoms with Crippen LogP contribution in [0.2, 0.25) is 0 Å². The van der Waals surface area contributed by atoms with E-state index in [0.29, 0.717) is 0 Å². The highest BCUT2D eigenvalue weighted by Gasteiger charge is 2.14. The first-order valence-corrected chi connectivity index (χ1v) is 6.72. The van der Waals surface area contributed by atoms with Crippen molar-refractivity contribution < 1.29 is 9.47 Å². The van der Waals surface area contributed by atoms with Crippen molar-refractivity contribution in [3.05, 3.63) is 24.3 Å². The summed E-state index contributed by atoms with van der Waals surface area (Å²) in [6.07, 6.45) is 3.73. The molecule has 1 N–H and O–H groups in total. The SMILES string of the molecule is CC(C)(C)Oc1ccc(OC2CCCCN2)cc1. The van der Waals surface area contributed by atoms with Crippen LogP contribution in [0.5, 0.6) is 11.5 Å². The fourth-order valence-electron chi connectivity index (χ4n) is 2.02. The second kappa shape index (κ2) is 5.61. The van der Waals surface area contributed by atoms with Gasteiger partial charge in [0.15, 0.2) is 0 Å². The lowest BCUT2D eigenvalue weighted by atomic mass is 10.1. The van der Waals surface area contributed by atoms with Crippen molar-refractivity contribution in [2.24, 2.45) is 0 Å². The Morgan fingerprint density at radius 1 is 1.06 bits per heavy atom. The van der Waals surface area contributed by atoms with Gasteiger partial charge in [-0.25, -0.2) is 0 Å². The van der Waals surface area contributed by atoms with Crippen LogP contribution in [-0.2, 0) is 0 Å². The first-order chi connectivity index (χ1) is 8.53. The zero-order chi connectivity index (χ0) is 13.0. The van der Waals surface area contributed by atoms with Gasteiger partial charge in [-0.05, 0) is 70.8 Å². The van der Waals surface area contributed by atoms with Gasteiger partial charge in [-0.2, -0.15) is 0 Å². The Bertz CT molecular complexity index is 361. The second-order valence-electron chi connectivity index (χ2n) is 5.74. The molecule has 1 aliphatic rings. The summed E-state index contributed by atoms with van der Waals surface area (Å²) < 4.78 is 11.6. The molecule has 1 aromatic rings. The van der Waals surface area contributed by atoms with Crippen molar-refractivity contribution >= 4 is 0 Å². The minimum absolute atomic E-state index is 0.159. The summed E-state index contributed by atoms with van der Waals surface area (Å²) in [7, 11) is 0. The Labute approximate surface area is 109 Å². The summed E-state index contributed by atoms with van der Waals surface area (Å²) in [5, 5.41) is 3.37. The van der Waals surface area contributed by atoms with Gasteiger partial charge >= 0.3 is 0 Å². The lowest BCUT2D eigenvalue weighted by Gasteiger charge is -2.25. The van der Waals surface area contributed by atoms with Gasteiger partial charge in [0.1, 0.15) is 23.3 Å². The summed E-state index contributed by atoms with van der Waals surface area (Å²) in [5.74, 6) is 1.78. The molecule has 1 aromatic carbocycles. The summed E-state index contributed by atoms with van der Waals surface area (Å²) in [6, 6.07) is 7.86. The Morgan fingerprint density at radius 3 is 2.28 bits per heavy atom. The minimum atomic E-state index is -0.159. The highest BCUT2D eigenvalue weighted by molar-refractivity contribution is 5.31. The van der Waals surface area contributed by atoms with Crippen LogP contribution in [0.1, 0.15) is 40.0 Å². The molecule has 0 aromatic heterocycles.